The monoisotopic (exact) mass is 432 g/mol. The number of ether oxygens (including phenoxy) is 1. The van der Waals surface area contributed by atoms with Crippen molar-refractivity contribution in [1.82, 2.24) is 9.88 Å². The summed E-state index contributed by atoms with van der Waals surface area (Å²) in [7, 11) is 1.60. The Morgan fingerprint density at radius 2 is 1.86 bits per heavy atom. The average Bonchev–Trinajstić information content (AvgIpc) is 3.15. The van der Waals surface area contributed by atoms with Crippen molar-refractivity contribution in [3.05, 3.63) is 57.2 Å². The van der Waals surface area contributed by atoms with Crippen LogP contribution >= 0.6 is 23.2 Å². The van der Waals surface area contributed by atoms with Gasteiger partial charge in [0, 0.05) is 37.7 Å². The van der Waals surface area contributed by atoms with Gasteiger partial charge >= 0.3 is 0 Å². The maximum absolute atomic E-state index is 12.6. The number of nitrogens with zero attached hydrogens (tertiary/aromatic N) is 1. The second-order valence-corrected chi connectivity index (χ2v) is 7.43. The lowest BCUT2D eigenvalue weighted by molar-refractivity contribution is 0.0880. The number of hydrogen-bond donors (Lipinski definition) is 1. The smallest absolute Gasteiger partial charge is 0.259 e. The van der Waals surface area contributed by atoms with E-state index in [2.05, 4.69) is 5.32 Å². The van der Waals surface area contributed by atoms with Crippen molar-refractivity contribution in [2.75, 3.05) is 13.7 Å². The molecule has 2 amide bonds. The summed E-state index contributed by atoms with van der Waals surface area (Å²) < 4.78 is 6.86. The highest BCUT2D eigenvalue weighted by molar-refractivity contribution is 6.42. The van der Waals surface area contributed by atoms with E-state index in [-0.39, 0.29) is 23.3 Å². The fraction of sp³-hybridized carbons (Fsp3) is 0.190. The zero-order valence-corrected chi connectivity index (χ0v) is 16.9. The van der Waals surface area contributed by atoms with E-state index < -0.39 is 11.8 Å². The number of halogens is 2. The molecule has 0 atom stereocenters. The van der Waals surface area contributed by atoms with Crippen molar-refractivity contribution in [3.8, 4) is 11.1 Å². The quantitative estimate of drug-likeness (QED) is 0.350. The molecule has 1 aliphatic rings. The van der Waals surface area contributed by atoms with Crippen LogP contribution in [-0.2, 0) is 11.3 Å². The first kappa shape index (κ1) is 19.6. The van der Waals surface area contributed by atoms with Crippen LogP contribution in [0.4, 0.5) is 0 Å². The molecule has 29 heavy (non-hydrogen) atoms. The van der Waals surface area contributed by atoms with Gasteiger partial charge in [0.15, 0.2) is 6.29 Å². The Balaban J connectivity index is 0.00000256. The number of nitrogens with one attached hydrogen (secondary N) is 1. The number of amides is 2. The summed E-state index contributed by atoms with van der Waals surface area (Å²) in [5.41, 5.74) is 2.35. The van der Waals surface area contributed by atoms with Gasteiger partial charge in [0.1, 0.15) is 5.69 Å². The maximum Gasteiger partial charge on any atom is 0.259 e. The number of carbonyl (C=O) groups excluding carboxylic acids is 3. The van der Waals surface area contributed by atoms with E-state index in [1.54, 1.807) is 42.0 Å². The van der Waals surface area contributed by atoms with Crippen LogP contribution in [-0.4, -0.2) is 36.4 Å². The summed E-state index contributed by atoms with van der Waals surface area (Å²) in [6.07, 6.45) is 1.30. The van der Waals surface area contributed by atoms with Gasteiger partial charge < -0.3 is 9.30 Å². The van der Waals surface area contributed by atoms with Crippen molar-refractivity contribution in [1.29, 1.82) is 0 Å². The van der Waals surface area contributed by atoms with Gasteiger partial charge in [-0.05, 0) is 24.1 Å². The normalized spacial score (nSPS) is 13.1. The summed E-state index contributed by atoms with van der Waals surface area (Å²) in [5.74, 6) is -1.06. The molecule has 0 saturated carbocycles. The summed E-state index contributed by atoms with van der Waals surface area (Å²) in [5, 5.41) is 3.32. The number of fused-ring (bicyclic) bond motifs is 3. The van der Waals surface area contributed by atoms with Crippen molar-refractivity contribution in [2.45, 2.75) is 13.0 Å². The van der Waals surface area contributed by atoms with Crippen LogP contribution in [0.15, 0.2) is 30.3 Å². The number of aldehydes is 1. The van der Waals surface area contributed by atoms with E-state index in [1.807, 2.05) is 0 Å². The number of rotatable bonds is 6. The number of benzene rings is 2. The lowest BCUT2D eigenvalue weighted by atomic mass is 9.94. The molecule has 0 unspecified atom stereocenters. The van der Waals surface area contributed by atoms with Crippen LogP contribution in [0.1, 0.15) is 39.1 Å². The van der Waals surface area contributed by atoms with Crippen LogP contribution in [0.25, 0.3) is 22.0 Å². The first-order chi connectivity index (χ1) is 14.0. The number of methoxy groups -OCH3 is 1. The minimum atomic E-state index is -0.544. The minimum absolute atomic E-state index is 0. The first-order valence-corrected chi connectivity index (χ1v) is 9.68. The third kappa shape index (κ3) is 3.04. The van der Waals surface area contributed by atoms with E-state index >= 15 is 0 Å². The molecular formula is C21H18Cl2N2O4. The van der Waals surface area contributed by atoms with Crippen molar-refractivity contribution >= 4 is 52.2 Å². The van der Waals surface area contributed by atoms with Crippen molar-refractivity contribution in [3.63, 3.8) is 0 Å². The summed E-state index contributed by atoms with van der Waals surface area (Å²) in [4.78, 5) is 37.0. The highest BCUT2D eigenvalue weighted by Crippen LogP contribution is 2.42. The largest absolute Gasteiger partial charge is 0.385 e. The number of carbonyl (C=O) groups is 3. The zero-order valence-electron chi connectivity index (χ0n) is 15.4. The predicted octanol–water partition coefficient (Wildman–Crippen LogP) is 4.59. The van der Waals surface area contributed by atoms with E-state index in [1.165, 1.54) is 0 Å². The van der Waals surface area contributed by atoms with Gasteiger partial charge in [-0.2, -0.15) is 0 Å². The van der Waals surface area contributed by atoms with E-state index in [0.717, 1.165) is 0 Å². The number of aromatic nitrogens is 1. The van der Waals surface area contributed by atoms with Gasteiger partial charge in [-0.15, -0.1) is 0 Å². The minimum Gasteiger partial charge on any atom is -0.385 e. The average molecular weight is 433 g/mol. The van der Waals surface area contributed by atoms with Crippen LogP contribution in [0.2, 0.25) is 10.0 Å². The van der Waals surface area contributed by atoms with Crippen LogP contribution < -0.4 is 5.32 Å². The fourth-order valence-corrected chi connectivity index (χ4v) is 4.36. The fourth-order valence-electron chi connectivity index (χ4n) is 3.79. The molecule has 8 heteroatoms. The highest BCUT2D eigenvalue weighted by atomic mass is 35.5. The molecule has 1 N–H and O–H groups in total. The number of imide groups is 1. The zero-order chi connectivity index (χ0) is 20.7. The SMILES string of the molecule is COCCCn1c(C=O)c(Cl)c2c3c(c(-c4ccccc4Cl)cc21)C(=O)NC3=O.[HH]. The van der Waals surface area contributed by atoms with Crippen LogP contribution in [0.5, 0.6) is 0 Å². The molecule has 0 aliphatic carbocycles. The molecule has 0 fully saturated rings. The Hall–Kier alpha value is -2.67. The van der Waals surface area contributed by atoms with Gasteiger partial charge in [0.25, 0.3) is 11.8 Å². The molecule has 1 aliphatic heterocycles. The predicted molar refractivity (Wildman–Crippen MR) is 113 cm³/mol. The van der Waals surface area contributed by atoms with Gasteiger partial charge in [-0.1, -0.05) is 41.4 Å². The van der Waals surface area contributed by atoms with Gasteiger partial charge in [-0.3, -0.25) is 19.7 Å². The maximum atomic E-state index is 12.6. The highest BCUT2D eigenvalue weighted by Gasteiger charge is 2.35. The molecular weight excluding hydrogens is 415 g/mol. The Kier molecular flexibility index (Phi) is 5.17. The Bertz CT molecular complexity index is 1190. The number of aryl methyl sites for hydroxylation is 1. The standard InChI is InChI=1S/C21H16Cl2N2O4.H2/c1-29-8-4-7-25-14-9-12(11-5-2-3-6-13(11)22)16-18(21(28)24-20(16)27)17(14)19(23)15(25)10-26;/h2-3,5-6,9-10H,4,7-8H2,1H3,(H,24,27,28);1H. The third-order valence-electron chi connectivity index (χ3n) is 5.02. The van der Waals surface area contributed by atoms with Crippen molar-refractivity contribution < 1.29 is 20.5 Å². The molecule has 0 saturated heterocycles. The van der Waals surface area contributed by atoms with Gasteiger partial charge in [0.2, 0.25) is 0 Å². The molecule has 0 bridgehead atoms. The molecule has 6 nitrogen and oxygen atoms in total. The molecule has 3 aromatic rings. The Morgan fingerprint density at radius 1 is 1.14 bits per heavy atom. The third-order valence-corrected chi connectivity index (χ3v) is 5.73. The Morgan fingerprint density at radius 3 is 2.55 bits per heavy atom. The lowest BCUT2D eigenvalue weighted by Crippen LogP contribution is -2.20. The molecule has 0 radical (unpaired) electrons. The van der Waals surface area contributed by atoms with Crippen molar-refractivity contribution in [2.24, 2.45) is 0 Å². The molecule has 1 aromatic heterocycles. The van der Waals surface area contributed by atoms with E-state index in [9.17, 15) is 14.4 Å². The van der Waals surface area contributed by atoms with E-state index in [4.69, 9.17) is 27.9 Å². The second-order valence-electron chi connectivity index (χ2n) is 6.65. The molecule has 2 heterocycles. The summed E-state index contributed by atoms with van der Waals surface area (Å²) in [6.45, 7) is 0.957. The molecule has 4 rings (SSSR count). The van der Waals surface area contributed by atoms with E-state index in [0.29, 0.717) is 52.9 Å². The summed E-state index contributed by atoms with van der Waals surface area (Å²) >= 11 is 12.9. The molecule has 150 valence electrons. The number of hydrogen-bond acceptors (Lipinski definition) is 4. The first-order valence-electron chi connectivity index (χ1n) is 8.93. The summed E-state index contributed by atoms with van der Waals surface area (Å²) in [6, 6.07) is 8.84. The topological polar surface area (TPSA) is 77.4 Å². The van der Waals surface area contributed by atoms with Gasteiger partial charge in [0.05, 0.1) is 21.7 Å². The molecule has 2 aromatic carbocycles. The lowest BCUT2D eigenvalue weighted by Gasteiger charge is -2.12. The molecule has 0 spiro atoms. The second kappa shape index (κ2) is 7.63. The Labute approximate surface area is 177 Å². The van der Waals surface area contributed by atoms with Gasteiger partial charge in [-0.25, -0.2) is 0 Å². The van der Waals surface area contributed by atoms with Crippen LogP contribution in [0.3, 0.4) is 0 Å². The van der Waals surface area contributed by atoms with Crippen LogP contribution in [0, 0.1) is 0 Å².